The monoisotopic (exact) mass is 933 g/mol. The molecular weight excluding hydrogens is 829 g/mol. The largest absolute Gasteiger partial charge is 0.462 e. The minimum Gasteiger partial charge on any atom is -0.462 e. The topological polar surface area (TPSA) is 78.9 Å². The maximum atomic E-state index is 12.8. The number of allylic oxidation sites excluding steroid dienone is 14. The standard InChI is InChI=1S/C61H104O6/c1-4-7-10-13-16-19-22-25-27-29-30-32-33-36-39-42-45-48-51-54-60(63)66-57-58(56-65-59(62)53-50-47-44-41-38-35-24-21-18-15-12-9-6-3)67-61(64)55-52-49-46-43-40-37-34-31-28-26-23-20-17-14-11-8-5-2/h7,9-10,12,15-16,18-19,21,24-25,27,35,38,58H,4-6,8,11,13-14,17,20,22-23,26,28-34,36-37,39-57H2,1-3H3/b10-7+,12-9+,18-15+,19-16+,24-21+,27-25+,38-35+. The van der Waals surface area contributed by atoms with E-state index >= 15 is 0 Å². The third-order valence-electron chi connectivity index (χ3n) is 12.0. The third-order valence-corrected chi connectivity index (χ3v) is 12.0. The van der Waals surface area contributed by atoms with Gasteiger partial charge in [0, 0.05) is 19.3 Å². The van der Waals surface area contributed by atoms with Crippen LogP contribution in [0.15, 0.2) is 85.1 Å². The molecule has 0 aliphatic rings. The van der Waals surface area contributed by atoms with Gasteiger partial charge in [-0.2, -0.15) is 0 Å². The van der Waals surface area contributed by atoms with Crippen molar-refractivity contribution in [2.75, 3.05) is 13.2 Å². The van der Waals surface area contributed by atoms with Crippen LogP contribution < -0.4 is 0 Å². The van der Waals surface area contributed by atoms with Crippen molar-refractivity contribution >= 4 is 17.9 Å². The molecular formula is C61H104O6. The number of ether oxygens (including phenoxy) is 3. The number of hydrogen-bond donors (Lipinski definition) is 0. The summed E-state index contributed by atoms with van der Waals surface area (Å²) in [4.78, 5) is 38.1. The molecule has 0 fully saturated rings. The summed E-state index contributed by atoms with van der Waals surface area (Å²) >= 11 is 0. The van der Waals surface area contributed by atoms with E-state index in [0.717, 1.165) is 89.9 Å². The lowest BCUT2D eigenvalue weighted by Crippen LogP contribution is -2.30. The van der Waals surface area contributed by atoms with E-state index in [-0.39, 0.29) is 31.1 Å². The first-order valence-corrected chi connectivity index (χ1v) is 28.1. The molecule has 6 nitrogen and oxygen atoms in total. The lowest BCUT2D eigenvalue weighted by molar-refractivity contribution is -0.167. The average molecular weight is 933 g/mol. The Morgan fingerprint density at radius 2 is 0.657 bits per heavy atom. The predicted octanol–water partition coefficient (Wildman–Crippen LogP) is 18.8. The highest BCUT2D eigenvalue weighted by Crippen LogP contribution is 2.16. The van der Waals surface area contributed by atoms with Crippen molar-refractivity contribution in [2.45, 2.75) is 271 Å². The highest BCUT2D eigenvalue weighted by atomic mass is 16.6. The summed E-state index contributed by atoms with van der Waals surface area (Å²) in [7, 11) is 0. The van der Waals surface area contributed by atoms with Gasteiger partial charge in [0.05, 0.1) is 0 Å². The molecule has 6 heteroatoms. The molecule has 0 N–H and O–H groups in total. The van der Waals surface area contributed by atoms with Crippen LogP contribution in [0, 0.1) is 0 Å². The Morgan fingerprint density at radius 1 is 0.328 bits per heavy atom. The SMILES string of the molecule is CC/C=C/C=C/C=C/C=C/CCCCCC(=O)OCC(COC(=O)CCCCCCCCCCC/C=C/C/C=C/C/C=C/CC)OC(=O)CCCCCCCCCCCCCCCCCCC. The Morgan fingerprint density at radius 3 is 1.10 bits per heavy atom. The van der Waals surface area contributed by atoms with E-state index in [1.54, 1.807) is 0 Å². The van der Waals surface area contributed by atoms with E-state index in [1.165, 1.54) is 135 Å². The Hall–Kier alpha value is -3.41. The fourth-order valence-electron chi connectivity index (χ4n) is 7.82. The number of esters is 3. The van der Waals surface area contributed by atoms with Gasteiger partial charge in [-0.05, 0) is 70.6 Å². The van der Waals surface area contributed by atoms with E-state index in [4.69, 9.17) is 14.2 Å². The van der Waals surface area contributed by atoms with E-state index in [1.807, 2.05) is 30.4 Å². The van der Waals surface area contributed by atoms with Gasteiger partial charge in [0.2, 0.25) is 0 Å². The van der Waals surface area contributed by atoms with Crippen LogP contribution in [0.3, 0.4) is 0 Å². The predicted molar refractivity (Wildman–Crippen MR) is 288 cm³/mol. The molecule has 0 bridgehead atoms. The summed E-state index contributed by atoms with van der Waals surface area (Å²) in [5, 5.41) is 0. The molecule has 384 valence electrons. The molecule has 1 unspecified atom stereocenters. The van der Waals surface area contributed by atoms with Gasteiger partial charge in [0.1, 0.15) is 13.2 Å². The molecule has 0 saturated carbocycles. The Bertz CT molecular complexity index is 1300. The zero-order valence-corrected chi connectivity index (χ0v) is 43.9. The molecule has 0 aromatic rings. The van der Waals surface area contributed by atoms with Crippen LogP contribution in [0.2, 0.25) is 0 Å². The van der Waals surface area contributed by atoms with Gasteiger partial charge < -0.3 is 14.2 Å². The van der Waals surface area contributed by atoms with Crippen LogP contribution in [-0.2, 0) is 28.6 Å². The molecule has 67 heavy (non-hydrogen) atoms. The van der Waals surface area contributed by atoms with Crippen LogP contribution in [0.1, 0.15) is 265 Å². The molecule has 1 atom stereocenters. The van der Waals surface area contributed by atoms with E-state index in [0.29, 0.717) is 19.3 Å². The number of rotatable bonds is 50. The maximum absolute atomic E-state index is 12.8. The normalized spacial score (nSPS) is 12.7. The maximum Gasteiger partial charge on any atom is 0.306 e. The number of unbranched alkanes of at least 4 members (excludes halogenated alkanes) is 28. The fraction of sp³-hybridized carbons (Fsp3) is 0.721. The Labute approximate surface area is 414 Å². The van der Waals surface area contributed by atoms with Gasteiger partial charge >= 0.3 is 17.9 Å². The van der Waals surface area contributed by atoms with Crippen molar-refractivity contribution in [3.8, 4) is 0 Å². The quantitative estimate of drug-likeness (QED) is 0.0199. The molecule has 0 amide bonds. The first-order valence-electron chi connectivity index (χ1n) is 28.1. The molecule has 0 aliphatic heterocycles. The van der Waals surface area contributed by atoms with Crippen molar-refractivity contribution in [1.29, 1.82) is 0 Å². The second kappa shape index (κ2) is 55.2. The first kappa shape index (κ1) is 63.6. The van der Waals surface area contributed by atoms with Gasteiger partial charge in [-0.1, -0.05) is 260 Å². The number of carbonyl (C=O) groups excluding carboxylic acids is 3. The lowest BCUT2D eigenvalue weighted by atomic mass is 10.0. The third kappa shape index (κ3) is 53.4. The first-order chi connectivity index (χ1) is 33.0. The van der Waals surface area contributed by atoms with Gasteiger partial charge in [-0.15, -0.1) is 0 Å². The van der Waals surface area contributed by atoms with Gasteiger partial charge in [0.15, 0.2) is 6.10 Å². The second-order valence-electron chi connectivity index (χ2n) is 18.5. The number of hydrogen-bond acceptors (Lipinski definition) is 6. The van der Waals surface area contributed by atoms with Gasteiger partial charge in [-0.25, -0.2) is 0 Å². The number of carbonyl (C=O) groups is 3. The van der Waals surface area contributed by atoms with E-state index in [2.05, 4.69) is 75.5 Å². The molecule has 0 aromatic carbocycles. The minimum absolute atomic E-state index is 0.0906. The molecule has 0 heterocycles. The van der Waals surface area contributed by atoms with Crippen LogP contribution in [0.5, 0.6) is 0 Å². The van der Waals surface area contributed by atoms with Crippen LogP contribution >= 0.6 is 0 Å². The second-order valence-corrected chi connectivity index (χ2v) is 18.5. The molecule has 0 spiro atoms. The zero-order valence-electron chi connectivity index (χ0n) is 43.9. The van der Waals surface area contributed by atoms with Crippen molar-refractivity contribution in [3.63, 3.8) is 0 Å². The molecule has 0 saturated heterocycles. The Balaban J connectivity index is 4.39. The van der Waals surface area contributed by atoms with E-state index < -0.39 is 6.10 Å². The molecule has 0 aromatic heterocycles. The van der Waals surface area contributed by atoms with Crippen molar-refractivity contribution in [3.05, 3.63) is 85.1 Å². The van der Waals surface area contributed by atoms with Crippen LogP contribution in [0.4, 0.5) is 0 Å². The minimum atomic E-state index is -0.793. The summed E-state index contributed by atoms with van der Waals surface area (Å²) in [6, 6.07) is 0. The van der Waals surface area contributed by atoms with Crippen molar-refractivity contribution < 1.29 is 28.6 Å². The zero-order chi connectivity index (χ0) is 48.6. The average Bonchev–Trinajstić information content (AvgIpc) is 3.33. The highest BCUT2D eigenvalue weighted by molar-refractivity contribution is 5.71. The van der Waals surface area contributed by atoms with Crippen molar-refractivity contribution in [2.24, 2.45) is 0 Å². The molecule has 0 radical (unpaired) electrons. The molecule has 0 aliphatic carbocycles. The van der Waals surface area contributed by atoms with E-state index in [9.17, 15) is 14.4 Å². The van der Waals surface area contributed by atoms with Gasteiger partial charge in [0.25, 0.3) is 0 Å². The fourth-order valence-corrected chi connectivity index (χ4v) is 7.82. The summed E-state index contributed by atoms with van der Waals surface area (Å²) < 4.78 is 16.8. The summed E-state index contributed by atoms with van der Waals surface area (Å²) in [6.45, 7) is 6.37. The highest BCUT2D eigenvalue weighted by Gasteiger charge is 2.19. The van der Waals surface area contributed by atoms with Crippen LogP contribution in [-0.4, -0.2) is 37.2 Å². The smallest absolute Gasteiger partial charge is 0.306 e. The summed E-state index contributed by atoms with van der Waals surface area (Å²) in [5.74, 6) is -0.929. The summed E-state index contributed by atoms with van der Waals surface area (Å²) in [5.41, 5.74) is 0. The van der Waals surface area contributed by atoms with Crippen LogP contribution in [0.25, 0.3) is 0 Å². The Kier molecular flexibility index (Phi) is 52.4. The molecule has 0 rings (SSSR count). The van der Waals surface area contributed by atoms with Crippen molar-refractivity contribution in [1.82, 2.24) is 0 Å². The lowest BCUT2D eigenvalue weighted by Gasteiger charge is -2.18. The van der Waals surface area contributed by atoms with Gasteiger partial charge in [-0.3, -0.25) is 14.4 Å². The summed E-state index contributed by atoms with van der Waals surface area (Å²) in [6.07, 6.45) is 71.5.